The Bertz CT molecular complexity index is 1990. The molecule has 37 heavy (non-hydrogen) atoms. The summed E-state index contributed by atoms with van der Waals surface area (Å²) in [6.07, 6.45) is 0. The van der Waals surface area contributed by atoms with Gasteiger partial charge in [0.15, 0.2) is 0 Å². The smallest absolute Gasteiger partial charge is 0.273 e. The van der Waals surface area contributed by atoms with Gasteiger partial charge in [0.25, 0.3) is 5.56 Å². The topological polar surface area (TPSA) is 21.5 Å². The van der Waals surface area contributed by atoms with Crippen LogP contribution < -0.4 is 5.56 Å². The van der Waals surface area contributed by atoms with E-state index in [1.165, 1.54) is 0 Å². The van der Waals surface area contributed by atoms with Crippen molar-refractivity contribution in [2.45, 2.75) is 6.92 Å². The van der Waals surface area contributed by atoms with Crippen LogP contribution in [0.4, 0.5) is 0 Å². The number of thiophene rings is 1. The van der Waals surface area contributed by atoms with Gasteiger partial charge in [-0.2, -0.15) is 0 Å². The molecule has 176 valence electrons. The summed E-state index contributed by atoms with van der Waals surface area (Å²) in [6, 6.07) is 41.9. The van der Waals surface area contributed by atoms with E-state index in [4.69, 9.17) is 0 Å². The van der Waals surface area contributed by atoms with Crippen LogP contribution in [0.25, 0.3) is 59.9 Å². The van der Waals surface area contributed by atoms with Gasteiger partial charge < -0.3 is 0 Å². The SMILES string of the molecule is Cc1cc2c(-c3ccccc3)c3c4ccccc4c(-c4ccccc4)c(-c4ccccc4)n3c(=O)c2s1. The lowest BCUT2D eigenvalue weighted by Crippen LogP contribution is -2.17. The molecule has 3 aromatic heterocycles. The molecule has 3 heteroatoms. The van der Waals surface area contributed by atoms with Crippen LogP contribution in [0, 0.1) is 6.92 Å². The summed E-state index contributed by atoms with van der Waals surface area (Å²) in [5, 5.41) is 3.23. The first-order valence-electron chi connectivity index (χ1n) is 12.4. The van der Waals surface area contributed by atoms with Gasteiger partial charge in [-0.3, -0.25) is 9.20 Å². The maximum Gasteiger partial charge on any atom is 0.273 e. The number of aryl methyl sites for hydroxylation is 1. The van der Waals surface area contributed by atoms with E-state index in [2.05, 4.69) is 97.9 Å². The minimum atomic E-state index is 0.0320. The first kappa shape index (κ1) is 21.8. The molecule has 0 radical (unpaired) electrons. The molecule has 0 N–H and O–H groups in total. The molecule has 0 saturated carbocycles. The Morgan fingerprint density at radius 1 is 0.568 bits per heavy atom. The third-order valence-corrected chi connectivity index (χ3v) is 8.10. The van der Waals surface area contributed by atoms with E-state index in [9.17, 15) is 4.79 Å². The Balaban J connectivity index is 1.85. The number of aromatic nitrogens is 1. The van der Waals surface area contributed by atoms with E-state index >= 15 is 0 Å². The zero-order chi connectivity index (χ0) is 24.9. The summed E-state index contributed by atoms with van der Waals surface area (Å²) < 4.78 is 2.78. The first-order valence-corrected chi connectivity index (χ1v) is 13.2. The van der Waals surface area contributed by atoms with Crippen LogP contribution in [0.1, 0.15) is 4.88 Å². The van der Waals surface area contributed by atoms with E-state index in [1.807, 2.05) is 34.7 Å². The first-order chi connectivity index (χ1) is 18.2. The highest BCUT2D eigenvalue weighted by Gasteiger charge is 2.24. The van der Waals surface area contributed by atoms with Gasteiger partial charge in [0.1, 0.15) is 4.70 Å². The second-order valence-electron chi connectivity index (χ2n) is 9.33. The van der Waals surface area contributed by atoms with Crippen LogP contribution in [0.3, 0.4) is 0 Å². The van der Waals surface area contributed by atoms with E-state index in [0.717, 1.165) is 64.8 Å². The van der Waals surface area contributed by atoms with Crippen molar-refractivity contribution in [2.24, 2.45) is 0 Å². The highest BCUT2D eigenvalue weighted by molar-refractivity contribution is 7.19. The summed E-state index contributed by atoms with van der Waals surface area (Å²) in [7, 11) is 0. The monoisotopic (exact) mass is 493 g/mol. The quantitative estimate of drug-likeness (QED) is 0.225. The molecule has 0 spiro atoms. The van der Waals surface area contributed by atoms with Crippen LogP contribution in [-0.4, -0.2) is 4.40 Å². The molecule has 0 aliphatic heterocycles. The molecule has 0 unspecified atom stereocenters. The zero-order valence-electron chi connectivity index (χ0n) is 20.3. The van der Waals surface area contributed by atoms with Crippen LogP contribution in [0.5, 0.6) is 0 Å². The summed E-state index contributed by atoms with van der Waals surface area (Å²) in [5.41, 5.74) is 7.31. The number of nitrogens with zero attached hydrogens (tertiary/aromatic N) is 1. The second kappa shape index (κ2) is 8.58. The standard InChI is InChI=1S/C34H23NOS/c1-22-21-28-30(24-15-7-3-8-16-24)32-27-20-12-11-19-26(27)29(23-13-5-2-6-14-23)31(25-17-9-4-10-18-25)35(32)34(36)33(28)37-22/h2-21H,1H3. The van der Waals surface area contributed by atoms with Crippen LogP contribution in [-0.2, 0) is 0 Å². The summed E-state index contributed by atoms with van der Waals surface area (Å²) in [5.74, 6) is 0. The molecule has 3 heterocycles. The molecule has 0 bridgehead atoms. The third-order valence-electron chi connectivity index (χ3n) is 7.07. The van der Waals surface area contributed by atoms with Crippen LogP contribution in [0.15, 0.2) is 126 Å². The maximum absolute atomic E-state index is 14.5. The number of hydrogen-bond acceptors (Lipinski definition) is 2. The Labute approximate surface area is 218 Å². The van der Waals surface area contributed by atoms with E-state index < -0.39 is 0 Å². The van der Waals surface area contributed by atoms with E-state index in [-0.39, 0.29) is 5.56 Å². The number of hydrogen-bond donors (Lipinski definition) is 0. The lowest BCUT2D eigenvalue weighted by molar-refractivity contribution is 1.14. The van der Waals surface area contributed by atoms with Crippen molar-refractivity contribution in [1.82, 2.24) is 4.40 Å². The normalized spacial score (nSPS) is 11.5. The van der Waals surface area contributed by atoms with Gasteiger partial charge in [0, 0.05) is 26.8 Å². The Hall–Kier alpha value is -4.47. The van der Waals surface area contributed by atoms with Gasteiger partial charge in [-0.15, -0.1) is 11.3 Å². The van der Waals surface area contributed by atoms with Crippen molar-refractivity contribution in [2.75, 3.05) is 0 Å². The summed E-state index contributed by atoms with van der Waals surface area (Å²) in [4.78, 5) is 15.6. The van der Waals surface area contributed by atoms with Crippen molar-refractivity contribution in [1.29, 1.82) is 0 Å². The van der Waals surface area contributed by atoms with Gasteiger partial charge in [0.2, 0.25) is 0 Å². The second-order valence-corrected chi connectivity index (χ2v) is 10.6. The summed E-state index contributed by atoms with van der Waals surface area (Å²) in [6.45, 7) is 2.08. The Kier molecular flexibility index (Phi) is 5.05. The van der Waals surface area contributed by atoms with Crippen molar-refractivity contribution < 1.29 is 0 Å². The fraction of sp³-hybridized carbons (Fsp3) is 0.0294. The fourth-order valence-corrected chi connectivity index (χ4v) is 6.53. The predicted molar refractivity (Wildman–Crippen MR) is 158 cm³/mol. The molecular formula is C34H23NOS. The van der Waals surface area contributed by atoms with Gasteiger partial charge in [0.05, 0.1) is 11.2 Å². The van der Waals surface area contributed by atoms with E-state index in [1.54, 1.807) is 11.3 Å². The fourth-order valence-electron chi connectivity index (χ4n) is 5.58. The molecule has 7 aromatic rings. The number of benzene rings is 4. The van der Waals surface area contributed by atoms with Gasteiger partial charge in [-0.1, -0.05) is 115 Å². The number of pyridine rings is 2. The zero-order valence-corrected chi connectivity index (χ0v) is 21.1. The Morgan fingerprint density at radius 3 is 1.70 bits per heavy atom. The number of rotatable bonds is 3. The lowest BCUT2D eigenvalue weighted by atomic mass is 9.90. The van der Waals surface area contributed by atoms with Crippen molar-refractivity contribution in [3.63, 3.8) is 0 Å². The lowest BCUT2D eigenvalue weighted by Gasteiger charge is -2.21. The minimum Gasteiger partial charge on any atom is -0.274 e. The average Bonchev–Trinajstić information content (AvgIpc) is 3.35. The van der Waals surface area contributed by atoms with Crippen molar-refractivity contribution in [3.8, 4) is 33.5 Å². The molecular weight excluding hydrogens is 470 g/mol. The molecule has 0 fully saturated rings. The molecule has 0 aliphatic carbocycles. The Morgan fingerprint density at radius 2 is 1.08 bits per heavy atom. The van der Waals surface area contributed by atoms with Gasteiger partial charge in [-0.25, -0.2) is 0 Å². The highest BCUT2D eigenvalue weighted by Crippen LogP contribution is 2.44. The molecule has 0 amide bonds. The maximum atomic E-state index is 14.5. The molecule has 2 nitrogen and oxygen atoms in total. The van der Waals surface area contributed by atoms with Crippen LogP contribution in [0.2, 0.25) is 0 Å². The van der Waals surface area contributed by atoms with Crippen molar-refractivity contribution >= 4 is 37.7 Å². The van der Waals surface area contributed by atoms with Crippen molar-refractivity contribution in [3.05, 3.63) is 137 Å². The van der Waals surface area contributed by atoms with E-state index in [0.29, 0.717) is 0 Å². The largest absolute Gasteiger partial charge is 0.274 e. The van der Waals surface area contributed by atoms with Crippen LogP contribution >= 0.6 is 11.3 Å². The summed E-state index contributed by atoms with van der Waals surface area (Å²) >= 11 is 1.58. The minimum absolute atomic E-state index is 0.0320. The van der Waals surface area contributed by atoms with Gasteiger partial charge >= 0.3 is 0 Å². The number of fused-ring (bicyclic) bond motifs is 4. The molecule has 0 saturated heterocycles. The van der Waals surface area contributed by atoms with Gasteiger partial charge in [-0.05, 0) is 35.1 Å². The third kappa shape index (κ3) is 3.35. The molecule has 4 aromatic carbocycles. The average molecular weight is 494 g/mol. The molecule has 0 aliphatic rings. The molecule has 7 rings (SSSR count). The highest BCUT2D eigenvalue weighted by atomic mass is 32.1. The molecule has 0 atom stereocenters. The predicted octanol–water partition coefficient (Wildman–Crippen LogP) is 8.98.